The van der Waals surface area contributed by atoms with Crippen molar-refractivity contribution >= 4 is 42.4 Å². The first-order chi connectivity index (χ1) is 19.0. The van der Waals surface area contributed by atoms with Crippen LogP contribution in [0.3, 0.4) is 0 Å². The van der Waals surface area contributed by atoms with E-state index in [1.807, 2.05) is 12.1 Å². The van der Waals surface area contributed by atoms with Crippen molar-refractivity contribution < 1.29 is 68.8 Å². The summed E-state index contributed by atoms with van der Waals surface area (Å²) >= 11 is 0. The topological polar surface area (TPSA) is 186 Å². The molecule has 3 aromatic carbocycles. The minimum Gasteiger partial charge on any atom is -0.861 e. The van der Waals surface area contributed by atoms with Crippen molar-refractivity contribution in [3.63, 3.8) is 0 Å². The molecule has 2 aliphatic rings. The van der Waals surface area contributed by atoms with E-state index in [1.165, 1.54) is 0 Å². The number of aliphatic imine (C=N–C) groups is 1. The van der Waals surface area contributed by atoms with Crippen LogP contribution in [0.15, 0.2) is 71.7 Å². The predicted octanol–water partition coefficient (Wildman–Crippen LogP) is -2.30. The SMILES string of the molecule is O=C(O)[C@H](Cc1ccccc1)N=C([O-])[C@@H]1C[C@@H](CCN2C(=O)c3cccc4cccc(c34)C2=O)[C@H]([P+]([O-])(O)O)N1.[Na+]. The number of nitrogens with one attached hydrogen (secondary N) is 1. The summed E-state index contributed by atoms with van der Waals surface area (Å²) < 4.78 is 0. The number of carboxylic acid groups (broad SMARTS) is 1. The quantitative estimate of drug-likeness (QED) is 0.0702. The van der Waals surface area contributed by atoms with Crippen LogP contribution in [-0.2, 0) is 11.2 Å². The number of aliphatic carboxylic acids is 1. The molecule has 41 heavy (non-hydrogen) atoms. The number of hydrogen-bond acceptors (Lipinski definition) is 9. The molecular weight excluding hydrogens is 560 g/mol. The number of hydrogen-bond donors (Lipinski definition) is 4. The number of benzene rings is 3. The molecule has 0 aromatic heterocycles. The fraction of sp³-hybridized carbons (Fsp3) is 0.286. The Balaban J connectivity index is 0.00000387. The molecule has 2 heterocycles. The Labute approximate surface area is 258 Å². The fourth-order valence-corrected chi connectivity index (χ4v) is 6.70. The molecule has 4 N–H and O–H groups in total. The van der Waals surface area contributed by atoms with E-state index in [9.17, 15) is 39.3 Å². The molecule has 0 aliphatic carbocycles. The van der Waals surface area contributed by atoms with Crippen LogP contribution in [0.1, 0.15) is 39.1 Å². The zero-order valence-corrected chi connectivity index (χ0v) is 25.1. The third kappa shape index (κ3) is 6.53. The Bertz CT molecular complexity index is 1450. The van der Waals surface area contributed by atoms with E-state index >= 15 is 0 Å². The number of imide groups is 1. The molecule has 3 aromatic rings. The number of rotatable bonds is 9. The van der Waals surface area contributed by atoms with Crippen LogP contribution in [0.25, 0.3) is 10.8 Å². The molecule has 2 amide bonds. The molecule has 13 heteroatoms. The molecule has 2 aliphatic heterocycles. The molecule has 0 saturated carbocycles. The average Bonchev–Trinajstić information content (AvgIpc) is 3.37. The second-order valence-corrected chi connectivity index (χ2v) is 11.8. The van der Waals surface area contributed by atoms with Gasteiger partial charge in [-0.2, -0.15) is 0 Å². The van der Waals surface area contributed by atoms with Crippen molar-refractivity contribution in [1.82, 2.24) is 10.2 Å². The van der Waals surface area contributed by atoms with Crippen LogP contribution in [0, 0.1) is 5.92 Å². The van der Waals surface area contributed by atoms with Gasteiger partial charge in [0, 0.05) is 41.4 Å². The number of amides is 2. The summed E-state index contributed by atoms with van der Waals surface area (Å²) in [5, 5.41) is 26.5. The summed E-state index contributed by atoms with van der Waals surface area (Å²) in [5.41, 5.74) is 1.41. The molecular formula is C28H27N3NaO8P. The standard InChI is InChI=1S/C28H28N3O8P.Na/c32-24(29-22(28(35)36)14-16-6-2-1-3-7-16)21-15-18(25(30-21)40(37,38)39)12-13-31-26(33)19-10-4-8-17-9-5-11-20(23(17)19)27(31)34;/h1-11,18,21-22,25,30H,12-15H2,(H,29,32)(H,35,36)(H2,37,38,39);/q;+1/p-1/t18-,21+,22+,25+;/m1./s1. The van der Waals surface area contributed by atoms with Gasteiger partial charge in [0.2, 0.25) is 7.94 Å². The van der Waals surface area contributed by atoms with Gasteiger partial charge < -0.3 is 15.1 Å². The summed E-state index contributed by atoms with van der Waals surface area (Å²) in [6.45, 7) is -0.116. The zero-order valence-electron chi connectivity index (χ0n) is 22.2. The summed E-state index contributed by atoms with van der Waals surface area (Å²) in [6.07, 6.45) is -0.0415. The van der Waals surface area contributed by atoms with Gasteiger partial charge in [0.25, 0.3) is 11.8 Å². The third-order valence-electron chi connectivity index (χ3n) is 7.44. The first-order valence-electron chi connectivity index (χ1n) is 12.7. The molecule has 0 radical (unpaired) electrons. The van der Waals surface area contributed by atoms with E-state index in [2.05, 4.69) is 10.3 Å². The number of carbonyl (C=O) groups excluding carboxylic acids is 2. The summed E-state index contributed by atoms with van der Waals surface area (Å²) in [5.74, 6) is -5.32. The van der Waals surface area contributed by atoms with Crippen LogP contribution in [0.4, 0.5) is 0 Å². The molecule has 1 saturated heterocycles. The minimum absolute atomic E-state index is 0. The Morgan fingerprint density at radius 3 is 2.20 bits per heavy atom. The molecule has 1 fully saturated rings. The predicted molar refractivity (Wildman–Crippen MR) is 143 cm³/mol. The van der Waals surface area contributed by atoms with E-state index < -0.39 is 55.4 Å². The second kappa shape index (κ2) is 12.6. The molecule has 4 atom stereocenters. The maximum Gasteiger partial charge on any atom is 1.00 e. The zero-order chi connectivity index (χ0) is 28.6. The fourth-order valence-electron chi connectivity index (χ4n) is 5.51. The van der Waals surface area contributed by atoms with Crippen molar-refractivity contribution in [2.75, 3.05) is 6.54 Å². The van der Waals surface area contributed by atoms with Gasteiger partial charge in [-0.25, -0.2) is 14.6 Å². The van der Waals surface area contributed by atoms with Gasteiger partial charge in [-0.1, -0.05) is 54.6 Å². The molecule has 5 rings (SSSR count). The molecule has 11 nitrogen and oxygen atoms in total. The third-order valence-corrected chi connectivity index (χ3v) is 8.73. The van der Waals surface area contributed by atoms with Crippen LogP contribution in [0.2, 0.25) is 0 Å². The van der Waals surface area contributed by atoms with Crippen molar-refractivity contribution in [3.8, 4) is 0 Å². The molecule has 208 valence electrons. The van der Waals surface area contributed by atoms with Crippen LogP contribution in [-0.4, -0.2) is 67.9 Å². The minimum atomic E-state index is -4.75. The van der Waals surface area contributed by atoms with Crippen LogP contribution in [0.5, 0.6) is 0 Å². The largest absolute Gasteiger partial charge is 1.00 e. The number of carbonyl (C=O) groups is 3. The Hall–Kier alpha value is -2.73. The van der Waals surface area contributed by atoms with Crippen LogP contribution >= 0.6 is 7.94 Å². The summed E-state index contributed by atoms with van der Waals surface area (Å²) in [7, 11) is -4.75. The Morgan fingerprint density at radius 1 is 1.02 bits per heavy atom. The van der Waals surface area contributed by atoms with Crippen molar-refractivity contribution in [2.24, 2.45) is 10.9 Å². The molecule has 0 unspecified atom stereocenters. The first kappa shape index (κ1) is 31.2. The van der Waals surface area contributed by atoms with Gasteiger partial charge in [-0.15, -0.1) is 0 Å². The maximum absolute atomic E-state index is 13.2. The normalized spacial score (nSPS) is 21.6. The van der Waals surface area contributed by atoms with Gasteiger partial charge in [-0.05, 0) is 41.8 Å². The van der Waals surface area contributed by atoms with Gasteiger partial charge in [-0.3, -0.25) is 24.8 Å². The number of carboxylic acids is 1. The maximum atomic E-state index is 13.2. The van der Waals surface area contributed by atoms with Crippen molar-refractivity contribution in [3.05, 3.63) is 83.4 Å². The average molecular weight is 588 g/mol. The van der Waals surface area contributed by atoms with Gasteiger partial charge in [0.15, 0.2) is 5.78 Å². The Kier molecular flexibility index (Phi) is 9.63. The first-order valence-corrected chi connectivity index (χ1v) is 14.4. The molecule has 0 bridgehead atoms. The summed E-state index contributed by atoms with van der Waals surface area (Å²) in [6, 6.07) is 16.5. The van der Waals surface area contributed by atoms with Crippen molar-refractivity contribution in [1.29, 1.82) is 0 Å². The van der Waals surface area contributed by atoms with Crippen LogP contribution < -0.4 is 44.9 Å². The smallest absolute Gasteiger partial charge is 0.861 e. The second-order valence-electron chi connectivity index (χ2n) is 10.0. The van der Waals surface area contributed by atoms with E-state index in [-0.39, 0.29) is 55.4 Å². The van der Waals surface area contributed by atoms with Gasteiger partial charge in [0.05, 0.1) is 0 Å². The monoisotopic (exact) mass is 587 g/mol. The van der Waals surface area contributed by atoms with Gasteiger partial charge in [0.1, 0.15) is 6.04 Å². The number of nitrogens with zero attached hydrogens (tertiary/aromatic N) is 2. The van der Waals surface area contributed by atoms with E-state index in [1.54, 1.807) is 54.6 Å². The van der Waals surface area contributed by atoms with E-state index in [4.69, 9.17) is 0 Å². The van der Waals surface area contributed by atoms with E-state index in [0.29, 0.717) is 22.1 Å². The van der Waals surface area contributed by atoms with E-state index in [0.717, 1.165) is 10.3 Å². The summed E-state index contributed by atoms with van der Waals surface area (Å²) in [4.78, 5) is 75.4. The van der Waals surface area contributed by atoms with Crippen molar-refractivity contribution in [2.45, 2.75) is 37.1 Å². The Morgan fingerprint density at radius 2 is 1.63 bits per heavy atom. The van der Waals surface area contributed by atoms with Gasteiger partial charge >= 0.3 is 35.5 Å². The molecule has 0 spiro atoms.